The molecule has 0 unspecified atom stereocenters. The molecule has 0 radical (unpaired) electrons. The summed E-state index contributed by atoms with van der Waals surface area (Å²) in [6, 6.07) is 13.2. The van der Waals surface area contributed by atoms with E-state index in [-0.39, 0.29) is 33.0 Å². The van der Waals surface area contributed by atoms with Crippen LogP contribution in [0.2, 0.25) is 10.0 Å². The molecule has 32 heavy (non-hydrogen) atoms. The second-order valence-electron chi connectivity index (χ2n) is 6.65. The maximum absolute atomic E-state index is 13.0. The van der Waals surface area contributed by atoms with Crippen LogP contribution in [0, 0.1) is 5.82 Å². The lowest BCUT2D eigenvalue weighted by Crippen LogP contribution is -2.21. The predicted octanol–water partition coefficient (Wildman–Crippen LogP) is 4.94. The van der Waals surface area contributed by atoms with Crippen molar-refractivity contribution < 1.29 is 28.9 Å². The van der Waals surface area contributed by atoms with E-state index in [1.807, 2.05) is 0 Å². The number of aromatic hydroxyl groups is 1. The van der Waals surface area contributed by atoms with E-state index in [0.717, 1.165) is 5.56 Å². The molecule has 10 heteroatoms. The second kappa shape index (κ2) is 10.3. The summed E-state index contributed by atoms with van der Waals surface area (Å²) >= 11 is 12.4. The van der Waals surface area contributed by atoms with Crippen LogP contribution in [0.15, 0.2) is 54.6 Å². The quantitative estimate of drug-likeness (QED) is 0.358. The highest BCUT2D eigenvalue weighted by molar-refractivity contribution is 6.39. The van der Waals surface area contributed by atoms with Crippen LogP contribution < -0.4 is 15.4 Å². The predicted molar refractivity (Wildman–Crippen MR) is 118 cm³/mol. The number of carbonyl (C=O) groups is 2. The van der Waals surface area contributed by atoms with E-state index in [0.29, 0.717) is 24.4 Å². The van der Waals surface area contributed by atoms with Crippen LogP contribution in [0.4, 0.5) is 10.1 Å². The Balaban J connectivity index is 1.70. The van der Waals surface area contributed by atoms with Crippen molar-refractivity contribution in [3.63, 3.8) is 0 Å². The van der Waals surface area contributed by atoms with Crippen LogP contribution in [0.3, 0.4) is 0 Å². The first-order chi connectivity index (χ1) is 15.2. The van der Waals surface area contributed by atoms with Gasteiger partial charge in [0.2, 0.25) is 0 Å². The molecule has 0 spiro atoms. The third kappa shape index (κ3) is 6.10. The number of aliphatic carboxylic acids is 1. The summed E-state index contributed by atoms with van der Waals surface area (Å²) in [6.07, 6.45) is 0. The van der Waals surface area contributed by atoms with Gasteiger partial charge in [-0.25, -0.2) is 9.18 Å². The summed E-state index contributed by atoms with van der Waals surface area (Å²) in [5, 5.41) is 24.2. The van der Waals surface area contributed by atoms with Crippen LogP contribution in [0.25, 0.3) is 0 Å². The number of halogens is 3. The average molecular weight is 479 g/mol. The lowest BCUT2D eigenvalue weighted by atomic mass is 10.1. The van der Waals surface area contributed by atoms with Gasteiger partial charge >= 0.3 is 11.9 Å². The zero-order chi connectivity index (χ0) is 23.3. The number of carbonyl (C=O) groups excluding carboxylic acids is 1. The minimum absolute atomic E-state index is 0.0437. The van der Waals surface area contributed by atoms with E-state index in [9.17, 15) is 19.1 Å². The number of amides is 1. The highest BCUT2D eigenvalue weighted by atomic mass is 35.5. The van der Waals surface area contributed by atoms with Gasteiger partial charge in [0, 0.05) is 24.3 Å². The molecule has 0 saturated heterocycles. The van der Waals surface area contributed by atoms with Crippen molar-refractivity contribution in [3.8, 4) is 17.2 Å². The molecule has 0 heterocycles. The van der Waals surface area contributed by atoms with Crippen molar-refractivity contribution in [1.82, 2.24) is 5.32 Å². The van der Waals surface area contributed by atoms with Gasteiger partial charge in [0.15, 0.2) is 5.75 Å². The number of hydrogen-bond acceptors (Lipinski definition) is 5. The van der Waals surface area contributed by atoms with Gasteiger partial charge in [0.25, 0.3) is 0 Å². The van der Waals surface area contributed by atoms with Gasteiger partial charge in [-0.3, -0.25) is 4.79 Å². The van der Waals surface area contributed by atoms with E-state index in [2.05, 4.69) is 10.6 Å². The molecular weight excluding hydrogens is 462 g/mol. The maximum atomic E-state index is 13.0. The molecule has 0 saturated carbocycles. The molecule has 0 atom stereocenters. The number of benzene rings is 3. The van der Waals surface area contributed by atoms with Crippen LogP contribution in [-0.2, 0) is 22.7 Å². The minimum Gasteiger partial charge on any atom is -0.508 e. The third-order valence-corrected chi connectivity index (χ3v) is 4.84. The van der Waals surface area contributed by atoms with Gasteiger partial charge in [-0.05, 0) is 48.0 Å². The Labute approximate surface area is 192 Å². The first-order valence-corrected chi connectivity index (χ1v) is 9.96. The highest BCUT2D eigenvalue weighted by Gasteiger charge is 2.16. The van der Waals surface area contributed by atoms with Gasteiger partial charge in [0.05, 0.1) is 10.0 Å². The molecule has 7 nitrogen and oxygen atoms in total. The van der Waals surface area contributed by atoms with E-state index in [4.69, 9.17) is 33.0 Å². The average Bonchev–Trinajstić information content (AvgIpc) is 2.74. The first-order valence-electron chi connectivity index (χ1n) is 9.21. The van der Waals surface area contributed by atoms with Crippen molar-refractivity contribution in [3.05, 3.63) is 81.6 Å². The van der Waals surface area contributed by atoms with Crippen molar-refractivity contribution >= 4 is 40.8 Å². The molecule has 3 aromatic carbocycles. The number of ether oxygens (including phenoxy) is 1. The number of carboxylic acid groups (broad SMARTS) is 1. The van der Waals surface area contributed by atoms with E-state index in [1.54, 1.807) is 18.2 Å². The number of anilines is 1. The van der Waals surface area contributed by atoms with Gasteiger partial charge in [-0.15, -0.1) is 0 Å². The fourth-order valence-corrected chi connectivity index (χ4v) is 3.31. The number of phenols is 1. The monoisotopic (exact) mass is 478 g/mol. The van der Waals surface area contributed by atoms with Crippen LogP contribution in [0.5, 0.6) is 17.2 Å². The summed E-state index contributed by atoms with van der Waals surface area (Å²) in [5.74, 6) is -2.71. The normalized spacial score (nSPS) is 10.6. The molecule has 0 aromatic heterocycles. The molecule has 166 valence electrons. The molecule has 3 rings (SSSR count). The molecule has 0 aliphatic rings. The Morgan fingerprint density at radius 3 is 2.25 bits per heavy atom. The lowest BCUT2D eigenvalue weighted by molar-refractivity contribution is -0.147. The molecule has 0 bridgehead atoms. The zero-order valence-corrected chi connectivity index (χ0v) is 17.9. The second-order valence-corrected chi connectivity index (χ2v) is 7.47. The Kier molecular flexibility index (Phi) is 7.53. The molecule has 0 fully saturated rings. The van der Waals surface area contributed by atoms with Gasteiger partial charge in [-0.1, -0.05) is 35.3 Å². The summed E-state index contributed by atoms with van der Waals surface area (Å²) in [5.41, 5.74) is 1.52. The van der Waals surface area contributed by atoms with Crippen LogP contribution >= 0.6 is 23.2 Å². The standard InChI is InChI=1S/C22H17Cl2FN2O5/c23-17-8-15(27-21(29)22(30)31)9-18(24)20(17)32-16-5-6-19(28)13(7-16)11-26-10-12-1-3-14(25)4-2-12/h1-9,26,28H,10-11H2,(H,27,29)(H,30,31). The Morgan fingerprint density at radius 2 is 1.62 bits per heavy atom. The Bertz CT molecular complexity index is 1130. The largest absolute Gasteiger partial charge is 0.508 e. The third-order valence-electron chi connectivity index (χ3n) is 4.28. The zero-order valence-electron chi connectivity index (χ0n) is 16.4. The number of hydrogen-bond donors (Lipinski definition) is 4. The van der Waals surface area contributed by atoms with Crippen LogP contribution in [-0.4, -0.2) is 22.1 Å². The first kappa shape index (κ1) is 23.3. The minimum atomic E-state index is -1.65. The fraction of sp³-hybridized carbons (Fsp3) is 0.0909. The number of rotatable bonds is 7. The highest BCUT2D eigenvalue weighted by Crippen LogP contribution is 2.39. The van der Waals surface area contributed by atoms with Crippen molar-refractivity contribution in [2.24, 2.45) is 0 Å². The van der Waals surface area contributed by atoms with E-state index in [1.165, 1.54) is 36.4 Å². The Morgan fingerprint density at radius 1 is 0.969 bits per heavy atom. The number of nitrogens with one attached hydrogen (secondary N) is 2. The topological polar surface area (TPSA) is 108 Å². The molecule has 3 aromatic rings. The van der Waals surface area contributed by atoms with Gasteiger partial charge < -0.3 is 25.6 Å². The summed E-state index contributed by atoms with van der Waals surface area (Å²) in [6.45, 7) is 0.772. The number of phenolic OH excluding ortho intramolecular Hbond substituents is 1. The smallest absolute Gasteiger partial charge is 0.394 e. The molecular formula is C22H17Cl2FN2O5. The molecule has 0 aliphatic heterocycles. The van der Waals surface area contributed by atoms with Crippen molar-refractivity contribution in [2.75, 3.05) is 5.32 Å². The SMILES string of the molecule is O=C(O)C(=O)Nc1cc(Cl)c(Oc2ccc(O)c(CNCc3ccc(F)cc3)c2)c(Cl)c1. The number of carboxylic acids is 1. The summed E-state index contributed by atoms with van der Waals surface area (Å²) in [4.78, 5) is 22.0. The molecule has 4 N–H and O–H groups in total. The fourth-order valence-electron chi connectivity index (χ4n) is 2.74. The summed E-state index contributed by atoms with van der Waals surface area (Å²) in [7, 11) is 0. The van der Waals surface area contributed by atoms with E-state index < -0.39 is 11.9 Å². The van der Waals surface area contributed by atoms with Crippen molar-refractivity contribution in [2.45, 2.75) is 13.1 Å². The van der Waals surface area contributed by atoms with Crippen molar-refractivity contribution in [1.29, 1.82) is 0 Å². The molecule has 0 aliphatic carbocycles. The van der Waals surface area contributed by atoms with Gasteiger partial charge in [0.1, 0.15) is 17.3 Å². The van der Waals surface area contributed by atoms with Crippen LogP contribution in [0.1, 0.15) is 11.1 Å². The van der Waals surface area contributed by atoms with E-state index >= 15 is 0 Å². The molecule has 1 amide bonds. The van der Waals surface area contributed by atoms with Gasteiger partial charge in [-0.2, -0.15) is 0 Å². The summed E-state index contributed by atoms with van der Waals surface area (Å²) < 4.78 is 18.7. The Hall–Kier alpha value is -3.33. The lowest BCUT2D eigenvalue weighted by Gasteiger charge is -2.14. The maximum Gasteiger partial charge on any atom is 0.394 e.